The highest BCUT2D eigenvalue weighted by molar-refractivity contribution is 6.02. The first-order chi connectivity index (χ1) is 21.4. The number of aliphatic hydroxyl groups excluding tert-OH is 1. The molecule has 1 saturated carbocycles. The van der Waals surface area contributed by atoms with E-state index in [0.29, 0.717) is 41.1 Å². The fraction of sp³-hybridized carbons (Fsp3) is 0.281. The fourth-order valence-electron chi connectivity index (χ4n) is 3.46. The number of aliphatic imine (C=N–C) groups is 1. The molecule has 0 spiro atoms. The van der Waals surface area contributed by atoms with Gasteiger partial charge in [-0.25, -0.2) is 4.39 Å². The van der Waals surface area contributed by atoms with Crippen LogP contribution in [0.25, 0.3) is 11.1 Å². The SMILES string of the molecule is C=CN(C)C/C(N)=C/C=C\N.CNC.COc1c(NC(=C/C(N)=NC(=O)C2CC2)/C(N)=C\O)cccc1-c1cnc(C)c(F)c1. The first-order valence-electron chi connectivity index (χ1n) is 14.0. The second kappa shape index (κ2) is 19.8. The van der Waals surface area contributed by atoms with E-state index in [-0.39, 0.29) is 29.1 Å². The Morgan fingerprint density at radius 2 is 1.96 bits per heavy atom. The van der Waals surface area contributed by atoms with Gasteiger partial charge in [-0.1, -0.05) is 18.7 Å². The molecule has 1 aromatic carbocycles. The number of amides is 1. The number of likely N-dealkylation sites (N-methyl/N-ethyl adjacent to an activating group) is 1. The lowest BCUT2D eigenvalue weighted by Crippen LogP contribution is -2.18. The maximum absolute atomic E-state index is 14.0. The van der Waals surface area contributed by atoms with Crippen LogP contribution < -0.4 is 38.3 Å². The average molecular weight is 624 g/mol. The fourth-order valence-corrected chi connectivity index (χ4v) is 3.46. The molecule has 3 rings (SSSR count). The minimum absolute atomic E-state index is 0.0347. The van der Waals surface area contributed by atoms with E-state index >= 15 is 0 Å². The molecule has 1 aliphatic carbocycles. The number of anilines is 1. The number of para-hydroxylation sites is 1. The molecule has 12 nitrogen and oxygen atoms in total. The highest BCUT2D eigenvalue weighted by Gasteiger charge is 2.29. The van der Waals surface area contributed by atoms with Crippen LogP contribution in [0, 0.1) is 18.7 Å². The third kappa shape index (κ3) is 13.3. The lowest BCUT2D eigenvalue weighted by Gasteiger charge is -2.17. The number of benzene rings is 1. The van der Waals surface area contributed by atoms with Gasteiger partial charge >= 0.3 is 0 Å². The number of hydrogen-bond donors (Lipinski definition) is 7. The molecule has 13 heteroatoms. The van der Waals surface area contributed by atoms with E-state index < -0.39 is 5.82 Å². The summed E-state index contributed by atoms with van der Waals surface area (Å²) < 4.78 is 19.6. The van der Waals surface area contributed by atoms with Crippen LogP contribution in [-0.4, -0.2) is 61.5 Å². The Hall–Kier alpha value is -5.30. The summed E-state index contributed by atoms with van der Waals surface area (Å²) in [5.41, 5.74) is 25.3. The second-order valence-corrected chi connectivity index (χ2v) is 9.82. The summed E-state index contributed by atoms with van der Waals surface area (Å²) in [4.78, 5) is 21.7. The van der Waals surface area contributed by atoms with Crippen molar-refractivity contribution in [1.29, 1.82) is 0 Å². The average Bonchev–Trinajstić information content (AvgIpc) is 3.87. The molecule has 0 atom stereocenters. The Labute approximate surface area is 264 Å². The van der Waals surface area contributed by atoms with E-state index in [2.05, 4.69) is 27.2 Å². The zero-order valence-corrected chi connectivity index (χ0v) is 26.5. The van der Waals surface area contributed by atoms with Crippen molar-refractivity contribution in [2.24, 2.45) is 33.8 Å². The number of amidine groups is 1. The Balaban J connectivity index is 0.000000607. The normalized spacial score (nSPS) is 13.6. The second-order valence-electron chi connectivity index (χ2n) is 9.82. The predicted molar refractivity (Wildman–Crippen MR) is 180 cm³/mol. The van der Waals surface area contributed by atoms with Gasteiger partial charge in [0.2, 0.25) is 0 Å². The maximum atomic E-state index is 14.0. The van der Waals surface area contributed by atoms with Crippen LogP contribution in [0.15, 0.2) is 96.0 Å². The number of aromatic nitrogens is 1. The van der Waals surface area contributed by atoms with E-state index in [1.165, 1.54) is 25.5 Å². The number of nitrogens with one attached hydrogen (secondary N) is 2. The van der Waals surface area contributed by atoms with Gasteiger partial charge in [-0.2, -0.15) is 4.99 Å². The zero-order valence-electron chi connectivity index (χ0n) is 26.5. The van der Waals surface area contributed by atoms with Gasteiger partial charge < -0.3 is 48.3 Å². The number of carbonyl (C=O) groups is 1. The molecule has 1 aliphatic rings. The summed E-state index contributed by atoms with van der Waals surface area (Å²) in [5.74, 6) is -0.448. The number of nitrogens with zero attached hydrogens (tertiary/aromatic N) is 3. The van der Waals surface area contributed by atoms with E-state index in [9.17, 15) is 14.3 Å². The van der Waals surface area contributed by atoms with Gasteiger partial charge in [-0.3, -0.25) is 9.78 Å². The quantitative estimate of drug-likeness (QED) is 0.0837. The van der Waals surface area contributed by atoms with Crippen LogP contribution in [0.1, 0.15) is 18.5 Å². The Morgan fingerprint density at radius 1 is 1.29 bits per heavy atom. The summed E-state index contributed by atoms with van der Waals surface area (Å²) in [6, 6.07) is 6.58. The Kier molecular flexibility index (Phi) is 16.6. The number of allylic oxidation sites excluding steroid dienone is 2. The smallest absolute Gasteiger partial charge is 0.250 e. The summed E-state index contributed by atoms with van der Waals surface area (Å²) in [6.45, 7) is 5.85. The molecule has 1 aromatic heterocycles. The van der Waals surface area contributed by atoms with Gasteiger partial charge in [0, 0.05) is 42.1 Å². The molecule has 0 radical (unpaired) electrons. The van der Waals surface area contributed by atoms with E-state index in [1.54, 1.807) is 49.7 Å². The maximum Gasteiger partial charge on any atom is 0.250 e. The minimum Gasteiger partial charge on any atom is -0.513 e. The van der Waals surface area contributed by atoms with Gasteiger partial charge in [0.25, 0.3) is 5.91 Å². The third-order valence-electron chi connectivity index (χ3n) is 5.90. The topological polar surface area (TPSA) is 203 Å². The Bertz CT molecular complexity index is 1430. The molecule has 244 valence electrons. The summed E-state index contributed by atoms with van der Waals surface area (Å²) in [5, 5.41) is 15.2. The predicted octanol–water partition coefficient (Wildman–Crippen LogP) is 3.36. The van der Waals surface area contributed by atoms with Crippen LogP contribution in [0.4, 0.5) is 10.1 Å². The molecule has 0 saturated heterocycles. The van der Waals surface area contributed by atoms with Crippen molar-refractivity contribution in [3.63, 3.8) is 0 Å². The number of ether oxygens (including phenoxy) is 1. The number of pyridine rings is 1. The molecule has 1 fully saturated rings. The molecule has 45 heavy (non-hydrogen) atoms. The highest BCUT2D eigenvalue weighted by atomic mass is 19.1. The first kappa shape index (κ1) is 37.7. The van der Waals surface area contributed by atoms with Gasteiger partial charge in [0.15, 0.2) is 0 Å². The zero-order chi connectivity index (χ0) is 33.9. The molecule has 1 heterocycles. The summed E-state index contributed by atoms with van der Waals surface area (Å²) in [6.07, 6.45) is 11.8. The van der Waals surface area contributed by atoms with Crippen LogP contribution in [0.2, 0.25) is 0 Å². The van der Waals surface area contributed by atoms with Crippen molar-refractivity contribution >= 4 is 17.4 Å². The molecule has 0 aliphatic heterocycles. The van der Waals surface area contributed by atoms with Crippen molar-refractivity contribution < 1.29 is 19.0 Å². The first-order valence-corrected chi connectivity index (χ1v) is 14.0. The lowest BCUT2D eigenvalue weighted by atomic mass is 10.0. The Morgan fingerprint density at radius 3 is 2.49 bits per heavy atom. The van der Waals surface area contributed by atoms with Crippen molar-refractivity contribution in [2.75, 3.05) is 40.1 Å². The number of aryl methyl sites for hydroxylation is 1. The van der Waals surface area contributed by atoms with Crippen molar-refractivity contribution in [3.05, 3.63) is 103 Å². The highest BCUT2D eigenvalue weighted by Crippen LogP contribution is 2.37. The van der Waals surface area contributed by atoms with Gasteiger partial charge in [0.05, 0.1) is 36.4 Å². The minimum atomic E-state index is -0.435. The lowest BCUT2D eigenvalue weighted by molar-refractivity contribution is -0.118. The van der Waals surface area contributed by atoms with E-state index in [4.69, 9.17) is 27.7 Å². The van der Waals surface area contributed by atoms with Gasteiger partial charge in [-0.15, -0.1) is 0 Å². The number of methoxy groups -OCH3 is 1. The molecule has 0 unspecified atom stereocenters. The molecule has 0 bridgehead atoms. The van der Waals surface area contributed by atoms with E-state index in [0.717, 1.165) is 18.5 Å². The number of halogens is 1. The van der Waals surface area contributed by atoms with Gasteiger partial charge in [-0.05, 0) is 70.5 Å². The number of hydrogen-bond acceptors (Lipinski definition) is 10. The summed E-state index contributed by atoms with van der Waals surface area (Å²) in [7, 11) is 7.13. The van der Waals surface area contributed by atoms with Crippen LogP contribution in [0.3, 0.4) is 0 Å². The largest absolute Gasteiger partial charge is 0.513 e. The van der Waals surface area contributed by atoms with Crippen LogP contribution in [-0.2, 0) is 4.79 Å². The summed E-state index contributed by atoms with van der Waals surface area (Å²) >= 11 is 0. The molecular formula is C32H46FN9O3. The molecule has 2 aromatic rings. The van der Waals surface area contributed by atoms with E-state index in [1.807, 2.05) is 26.0 Å². The molecular weight excluding hydrogens is 577 g/mol. The standard InChI is InChI=1S/C22H24FN5O3.C8H15N3.C2H7N/c1-12-16(23)8-14(10-26-12)15-4-3-5-18(21(15)31-2)27-19(17(24)11-29)9-20(25)28-22(30)13-6-7-13;1-3-11(2)7-8(10)5-4-6-9;1-3-2/h3-5,8-11,13,27,29H,6-7,24H2,1-2H3,(H2,25,28,30);3-6H,1,7,9-10H2,2H3;3H,1-2H3/b17-11+,19-9+;6-4-,8-5-;. The van der Waals surface area contributed by atoms with Crippen LogP contribution >= 0.6 is 0 Å². The number of nitrogens with two attached hydrogens (primary N) is 4. The monoisotopic (exact) mass is 623 g/mol. The number of carbonyl (C=O) groups excluding carboxylic acids is 1. The van der Waals surface area contributed by atoms with Crippen molar-refractivity contribution in [3.8, 4) is 16.9 Å². The molecule has 11 N–H and O–H groups in total. The van der Waals surface area contributed by atoms with Gasteiger partial charge in [0.1, 0.15) is 23.7 Å². The van der Waals surface area contributed by atoms with Crippen LogP contribution in [0.5, 0.6) is 5.75 Å². The number of aliphatic hydroxyl groups is 1. The van der Waals surface area contributed by atoms with Crippen molar-refractivity contribution in [2.45, 2.75) is 19.8 Å². The molecule has 1 amide bonds. The van der Waals surface area contributed by atoms with Crippen molar-refractivity contribution in [1.82, 2.24) is 15.2 Å². The number of rotatable bonds is 11. The third-order valence-corrected chi connectivity index (χ3v) is 5.90.